The van der Waals surface area contributed by atoms with Crippen LogP contribution in [0.15, 0.2) is 47.3 Å². The van der Waals surface area contributed by atoms with Gasteiger partial charge >= 0.3 is 0 Å². The van der Waals surface area contributed by atoms with Crippen LogP contribution in [-0.4, -0.2) is 72.0 Å². The van der Waals surface area contributed by atoms with Gasteiger partial charge in [-0.3, -0.25) is 14.4 Å². The topological polar surface area (TPSA) is 105 Å². The summed E-state index contributed by atoms with van der Waals surface area (Å²) in [7, 11) is 3.07. The highest BCUT2D eigenvalue weighted by Gasteiger charge is 2.26. The number of amides is 2. The van der Waals surface area contributed by atoms with Crippen molar-refractivity contribution in [2.75, 3.05) is 40.4 Å². The van der Waals surface area contributed by atoms with Gasteiger partial charge in [0, 0.05) is 45.1 Å². The van der Waals surface area contributed by atoms with Crippen LogP contribution in [0.3, 0.4) is 0 Å². The average molecular weight is 450 g/mol. The summed E-state index contributed by atoms with van der Waals surface area (Å²) in [6.45, 7) is 1.77. The lowest BCUT2D eigenvalue weighted by Gasteiger charge is -2.35. The molecule has 3 aromatic rings. The third kappa shape index (κ3) is 4.82. The van der Waals surface area contributed by atoms with Gasteiger partial charge in [-0.15, -0.1) is 0 Å². The molecule has 0 radical (unpaired) electrons. The number of fused-ring (bicyclic) bond motifs is 1. The molecule has 0 bridgehead atoms. The van der Waals surface area contributed by atoms with Gasteiger partial charge in [-0.1, -0.05) is 12.1 Å². The fourth-order valence-corrected chi connectivity index (χ4v) is 3.94. The Labute approximate surface area is 190 Å². The largest absolute Gasteiger partial charge is 0.497 e. The Morgan fingerprint density at radius 1 is 1.00 bits per heavy atom. The van der Waals surface area contributed by atoms with Gasteiger partial charge in [0.1, 0.15) is 17.3 Å². The smallest absolute Gasteiger partial charge is 0.258 e. The number of nitrogens with one attached hydrogen (secondary N) is 1. The second-order valence-electron chi connectivity index (χ2n) is 7.77. The predicted octanol–water partition coefficient (Wildman–Crippen LogP) is 1.86. The number of piperazine rings is 1. The molecule has 0 spiro atoms. The lowest BCUT2D eigenvalue weighted by Crippen LogP contribution is -2.50. The summed E-state index contributed by atoms with van der Waals surface area (Å²) in [5.41, 5.74) is 0.873. The number of carbonyl (C=O) groups excluding carboxylic acids is 2. The zero-order chi connectivity index (χ0) is 23.4. The van der Waals surface area contributed by atoms with Crippen LogP contribution in [0.2, 0.25) is 0 Å². The number of hydrogen-bond acceptors (Lipinski definition) is 6. The van der Waals surface area contributed by atoms with E-state index in [4.69, 9.17) is 9.47 Å². The van der Waals surface area contributed by atoms with Crippen LogP contribution in [0.25, 0.3) is 10.9 Å². The van der Waals surface area contributed by atoms with E-state index in [9.17, 15) is 14.4 Å². The predicted molar refractivity (Wildman–Crippen MR) is 123 cm³/mol. The van der Waals surface area contributed by atoms with Crippen molar-refractivity contribution >= 4 is 22.7 Å². The second-order valence-corrected chi connectivity index (χ2v) is 7.77. The van der Waals surface area contributed by atoms with Crippen LogP contribution < -0.4 is 15.0 Å². The van der Waals surface area contributed by atoms with E-state index in [0.29, 0.717) is 66.4 Å². The van der Waals surface area contributed by atoms with Crippen LogP contribution >= 0.6 is 0 Å². The molecule has 172 valence electrons. The van der Waals surface area contributed by atoms with Crippen molar-refractivity contribution in [3.8, 4) is 11.5 Å². The Kier molecular flexibility index (Phi) is 6.58. The molecule has 2 amide bonds. The van der Waals surface area contributed by atoms with Gasteiger partial charge in [0.25, 0.3) is 11.5 Å². The maximum absolute atomic E-state index is 13.0. The maximum atomic E-state index is 13.0. The van der Waals surface area contributed by atoms with Gasteiger partial charge in [-0.25, -0.2) is 4.98 Å². The molecule has 1 fully saturated rings. The molecule has 9 nitrogen and oxygen atoms in total. The molecule has 0 unspecified atom stereocenters. The van der Waals surface area contributed by atoms with E-state index in [0.717, 1.165) is 0 Å². The standard InChI is InChI=1S/C24H26N4O5/c1-32-16-7-8-18(20(15-16)33-2)24(31)28-13-11-27(12-14-28)22(29)10-9-21-25-19-6-4-3-5-17(19)23(30)26-21/h3-8,15H,9-14H2,1-2H3,(H,25,26,30). The summed E-state index contributed by atoms with van der Waals surface area (Å²) in [4.78, 5) is 48.5. The number of aromatic amines is 1. The van der Waals surface area contributed by atoms with Crippen molar-refractivity contribution in [2.45, 2.75) is 12.8 Å². The van der Waals surface area contributed by atoms with Crippen LogP contribution in [0.1, 0.15) is 22.6 Å². The van der Waals surface area contributed by atoms with E-state index in [1.165, 1.54) is 7.11 Å². The van der Waals surface area contributed by atoms with Gasteiger partial charge in [0.15, 0.2) is 0 Å². The number of carbonyl (C=O) groups is 2. The zero-order valence-corrected chi connectivity index (χ0v) is 18.7. The highest BCUT2D eigenvalue weighted by molar-refractivity contribution is 5.97. The van der Waals surface area contributed by atoms with E-state index in [1.54, 1.807) is 53.3 Å². The lowest BCUT2D eigenvalue weighted by atomic mass is 10.1. The van der Waals surface area contributed by atoms with E-state index >= 15 is 0 Å². The molecule has 33 heavy (non-hydrogen) atoms. The van der Waals surface area contributed by atoms with Gasteiger partial charge in [0.05, 0.1) is 30.7 Å². The molecular weight excluding hydrogens is 424 g/mol. The number of benzene rings is 2. The number of aromatic nitrogens is 2. The Morgan fingerprint density at radius 2 is 1.73 bits per heavy atom. The van der Waals surface area contributed by atoms with E-state index in [-0.39, 0.29) is 23.8 Å². The highest BCUT2D eigenvalue weighted by atomic mass is 16.5. The third-order valence-electron chi connectivity index (χ3n) is 5.80. The van der Waals surface area contributed by atoms with Crippen LogP contribution in [0.5, 0.6) is 11.5 Å². The minimum Gasteiger partial charge on any atom is -0.497 e. The number of nitrogens with zero attached hydrogens (tertiary/aromatic N) is 3. The van der Waals surface area contributed by atoms with Gasteiger partial charge in [-0.05, 0) is 24.3 Å². The number of aryl methyl sites for hydroxylation is 1. The molecule has 9 heteroatoms. The fraction of sp³-hybridized carbons (Fsp3) is 0.333. The number of para-hydroxylation sites is 1. The van der Waals surface area contributed by atoms with Gasteiger partial charge in [-0.2, -0.15) is 0 Å². The first-order chi connectivity index (χ1) is 16.0. The Bertz CT molecular complexity index is 1230. The number of ether oxygens (including phenoxy) is 2. The number of H-pyrrole nitrogens is 1. The molecule has 1 saturated heterocycles. The molecule has 1 aliphatic rings. The molecule has 0 atom stereocenters. The minimum atomic E-state index is -0.205. The summed E-state index contributed by atoms with van der Waals surface area (Å²) in [6.07, 6.45) is 0.586. The molecule has 2 heterocycles. The van der Waals surface area contributed by atoms with Crippen LogP contribution in [0, 0.1) is 0 Å². The fourth-order valence-electron chi connectivity index (χ4n) is 3.94. The SMILES string of the molecule is COc1ccc(C(=O)N2CCN(C(=O)CCc3nc4ccccc4c(=O)[nH]3)CC2)c(OC)c1. The zero-order valence-electron chi connectivity index (χ0n) is 18.7. The molecule has 2 aromatic carbocycles. The quantitative estimate of drug-likeness (QED) is 0.615. The van der Waals surface area contributed by atoms with E-state index in [2.05, 4.69) is 9.97 Å². The molecule has 0 saturated carbocycles. The first-order valence-electron chi connectivity index (χ1n) is 10.8. The summed E-state index contributed by atoms with van der Waals surface area (Å²) >= 11 is 0. The number of rotatable bonds is 6. The first-order valence-corrected chi connectivity index (χ1v) is 10.8. The molecule has 1 N–H and O–H groups in total. The van der Waals surface area contributed by atoms with Crippen molar-refractivity contribution in [2.24, 2.45) is 0 Å². The molecule has 1 aromatic heterocycles. The molecular formula is C24H26N4O5. The summed E-state index contributed by atoms with van der Waals surface area (Å²) in [6, 6.07) is 12.2. The van der Waals surface area contributed by atoms with Crippen molar-refractivity contribution < 1.29 is 19.1 Å². The normalized spacial score (nSPS) is 13.8. The molecule has 0 aliphatic carbocycles. The lowest BCUT2D eigenvalue weighted by molar-refractivity contribution is -0.132. The summed E-state index contributed by atoms with van der Waals surface area (Å²) < 4.78 is 10.5. The first kappa shape index (κ1) is 22.3. The monoisotopic (exact) mass is 450 g/mol. The van der Waals surface area contributed by atoms with E-state index in [1.807, 2.05) is 6.07 Å². The Balaban J connectivity index is 1.34. The highest BCUT2D eigenvalue weighted by Crippen LogP contribution is 2.26. The Hall–Kier alpha value is -3.88. The van der Waals surface area contributed by atoms with Crippen molar-refractivity contribution in [1.82, 2.24) is 19.8 Å². The average Bonchev–Trinajstić information content (AvgIpc) is 2.86. The number of methoxy groups -OCH3 is 2. The van der Waals surface area contributed by atoms with Crippen molar-refractivity contribution in [3.05, 3.63) is 64.2 Å². The van der Waals surface area contributed by atoms with Gasteiger partial charge < -0.3 is 24.3 Å². The van der Waals surface area contributed by atoms with E-state index < -0.39 is 0 Å². The minimum absolute atomic E-state index is 0.0278. The second kappa shape index (κ2) is 9.72. The number of hydrogen-bond donors (Lipinski definition) is 1. The third-order valence-corrected chi connectivity index (χ3v) is 5.80. The van der Waals surface area contributed by atoms with Crippen molar-refractivity contribution in [1.29, 1.82) is 0 Å². The molecule has 1 aliphatic heterocycles. The Morgan fingerprint density at radius 3 is 2.45 bits per heavy atom. The summed E-state index contributed by atoms with van der Waals surface area (Å²) in [5, 5.41) is 0.529. The maximum Gasteiger partial charge on any atom is 0.258 e. The van der Waals surface area contributed by atoms with Crippen LogP contribution in [0.4, 0.5) is 0 Å². The van der Waals surface area contributed by atoms with Gasteiger partial charge in [0.2, 0.25) is 5.91 Å². The van der Waals surface area contributed by atoms with Crippen molar-refractivity contribution in [3.63, 3.8) is 0 Å². The van der Waals surface area contributed by atoms with Crippen LogP contribution in [-0.2, 0) is 11.2 Å². The molecule has 4 rings (SSSR count). The summed E-state index contributed by atoms with van der Waals surface area (Å²) in [5.74, 6) is 1.39.